The number of hydrogen-bond donors (Lipinski definition) is 3. The molecule has 3 aromatic carbocycles. The smallest absolute Gasteiger partial charge is 0.323 e. The van der Waals surface area contributed by atoms with E-state index < -0.39 is 46.5 Å². The third-order valence-electron chi connectivity index (χ3n) is 6.77. The molecule has 4 rings (SSSR count). The summed E-state index contributed by atoms with van der Waals surface area (Å²) in [6, 6.07) is 11.8. The normalized spacial score (nSPS) is 11.8. The fourth-order valence-electron chi connectivity index (χ4n) is 4.38. The molecule has 15 heteroatoms. The average molecular weight is 657 g/mol. The SMILES string of the molecule is COc1cc(OC)c2c(=O)c(OCC(=O)NCC(NS(=O)(=O)c3ccc(C)cc3)C(=O)O)c(-c3ccc(OC)c(OC)c3)oc2c1. The van der Waals surface area contributed by atoms with E-state index in [1.54, 1.807) is 37.3 Å². The summed E-state index contributed by atoms with van der Waals surface area (Å²) in [5, 5.41) is 11.9. The number of ether oxygens (including phenoxy) is 5. The molecule has 0 aliphatic rings. The van der Waals surface area contributed by atoms with Gasteiger partial charge in [0, 0.05) is 24.2 Å². The lowest BCUT2D eigenvalue weighted by molar-refractivity contribution is -0.139. The Morgan fingerprint density at radius 3 is 2.17 bits per heavy atom. The minimum Gasteiger partial charge on any atom is -0.496 e. The van der Waals surface area contributed by atoms with E-state index in [2.05, 4.69) is 10.0 Å². The molecule has 0 radical (unpaired) electrons. The van der Waals surface area contributed by atoms with Crippen molar-refractivity contribution in [1.82, 2.24) is 10.0 Å². The van der Waals surface area contributed by atoms with Crippen molar-refractivity contribution in [2.24, 2.45) is 0 Å². The number of aliphatic carboxylic acids is 1. The lowest BCUT2D eigenvalue weighted by Crippen LogP contribution is -2.49. The molecule has 4 aromatic rings. The average Bonchev–Trinajstić information content (AvgIpc) is 3.05. The number of carboxylic acids is 1. The highest BCUT2D eigenvalue weighted by Gasteiger charge is 2.27. The first-order valence-electron chi connectivity index (χ1n) is 13.6. The number of fused-ring (bicyclic) bond motifs is 1. The predicted octanol–water partition coefficient (Wildman–Crippen LogP) is 2.73. The van der Waals surface area contributed by atoms with Gasteiger partial charge in [-0.2, -0.15) is 4.72 Å². The summed E-state index contributed by atoms with van der Waals surface area (Å²) in [5.41, 5.74) is 0.583. The van der Waals surface area contributed by atoms with E-state index in [0.29, 0.717) is 22.8 Å². The van der Waals surface area contributed by atoms with Crippen LogP contribution in [-0.2, 0) is 19.6 Å². The Labute approximate surface area is 263 Å². The molecule has 46 heavy (non-hydrogen) atoms. The number of rotatable bonds is 14. The summed E-state index contributed by atoms with van der Waals surface area (Å²) in [5.74, 6) is -1.58. The van der Waals surface area contributed by atoms with Gasteiger partial charge in [-0.05, 0) is 37.3 Å². The summed E-state index contributed by atoms with van der Waals surface area (Å²) in [7, 11) is 1.47. The zero-order valence-corrected chi connectivity index (χ0v) is 26.4. The molecule has 0 saturated carbocycles. The molecule has 1 unspecified atom stereocenters. The van der Waals surface area contributed by atoms with E-state index in [9.17, 15) is 27.9 Å². The summed E-state index contributed by atoms with van der Waals surface area (Å²) >= 11 is 0. The van der Waals surface area contributed by atoms with Crippen LogP contribution in [0.2, 0.25) is 0 Å². The van der Waals surface area contributed by atoms with E-state index in [-0.39, 0.29) is 33.1 Å². The first-order valence-corrected chi connectivity index (χ1v) is 15.1. The number of sulfonamides is 1. The summed E-state index contributed by atoms with van der Waals surface area (Å²) in [6.45, 7) is 0.394. The summed E-state index contributed by atoms with van der Waals surface area (Å²) in [4.78, 5) is 38.3. The molecule has 14 nitrogen and oxygen atoms in total. The standard InChI is InChI=1S/C31H32N2O12S/c1-17-6-9-20(10-7-17)46(38,39)33-21(31(36)37)15-32-26(34)16-44-30-28(35)27-24(43-5)13-19(40-2)14-25(27)45-29(30)18-8-11-22(41-3)23(12-18)42-4/h6-14,21,33H,15-16H2,1-5H3,(H,32,34)(H,36,37). The Hall–Kier alpha value is -5.28. The van der Waals surface area contributed by atoms with Gasteiger partial charge < -0.3 is 38.5 Å². The molecule has 0 aliphatic heterocycles. The van der Waals surface area contributed by atoms with Crippen molar-refractivity contribution in [3.05, 3.63) is 70.4 Å². The number of benzene rings is 3. The van der Waals surface area contributed by atoms with Crippen molar-refractivity contribution in [2.45, 2.75) is 17.9 Å². The van der Waals surface area contributed by atoms with Gasteiger partial charge in [-0.3, -0.25) is 14.4 Å². The van der Waals surface area contributed by atoms with Crippen LogP contribution in [0.1, 0.15) is 5.56 Å². The minimum absolute atomic E-state index is 0.0133. The Kier molecular flexibility index (Phi) is 10.4. The molecule has 0 aliphatic carbocycles. The number of aryl methyl sites for hydroxylation is 1. The maximum absolute atomic E-state index is 13.8. The second-order valence-electron chi connectivity index (χ2n) is 9.78. The van der Waals surface area contributed by atoms with Crippen LogP contribution in [0.15, 0.2) is 68.7 Å². The van der Waals surface area contributed by atoms with Crippen molar-refractivity contribution >= 4 is 32.9 Å². The molecule has 0 saturated heterocycles. The molecule has 1 aromatic heterocycles. The van der Waals surface area contributed by atoms with E-state index in [0.717, 1.165) is 5.56 Å². The number of carbonyl (C=O) groups is 2. The number of amides is 1. The molecular weight excluding hydrogens is 624 g/mol. The Morgan fingerprint density at radius 1 is 0.891 bits per heavy atom. The van der Waals surface area contributed by atoms with E-state index in [1.807, 2.05) is 0 Å². The molecule has 244 valence electrons. The largest absolute Gasteiger partial charge is 0.496 e. The van der Waals surface area contributed by atoms with Gasteiger partial charge in [0.25, 0.3) is 5.91 Å². The van der Waals surface area contributed by atoms with Crippen LogP contribution in [-0.4, -0.2) is 73.0 Å². The second kappa shape index (κ2) is 14.2. The maximum atomic E-state index is 13.8. The van der Waals surface area contributed by atoms with Gasteiger partial charge in [-0.1, -0.05) is 17.7 Å². The zero-order valence-electron chi connectivity index (χ0n) is 25.5. The Balaban J connectivity index is 1.63. The van der Waals surface area contributed by atoms with Crippen molar-refractivity contribution in [1.29, 1.82) is 0 Å². The lowest BCUT2D eigenvalue weighted by atomic mass is 10.1. The number of methoxy groups -OCH3 is 4. The van der Waals surface area contributed by atoms with Gasteiger partial charge in [-0.25, -0.2) is 8.42 Å². The Bertz CT molecular complexity index is 1920. The summed E-state index contributed by atoms with van der Waals surface area (Å²) in [6.07, 6.45) is 0. The zero-order chi connectivity index (χ0) is 33.6. The van der Waals surface area contributed by atoms with Gasteiger partial charge in [-0.15, -0.1) is 0 Å². The topological polar surface area (TPSA) is 189 Å². The monoisotopic (exact) mass is 656 g/mol. The highest BCUT2D eigenvalue weighted by atomic mass is 32.2. The van der Waals surface area contributed by atoms with Crippen molar-refractivity contribution < 1.29 is 51.2 Å². The minimum atomic E-state index is -4.22. The van der Waals surface area contributed by atoms with Gasteiger partial charge in [0.1, 0.15) is 28.5 Å². The highest BCUT2D eigenvalue weighted by Crippen LogP contribution is 2.39. The van der Waals surface area contributed by atoms with Crippen LogP contribution >= 0.6 is 0 Å². The van der Waals surface area contributed by atoms with Gasteiger partial charge in [0.05, 0.1) is 33.3 Å². The molecule has 3 N–H and O–H groups in total. The fourth-order valence-corrected chi connectivity index (χ4v) is 5.57. The van der Waals surface area contributed by atoms with Crippen LogP contribution < -0.4 is 39.2 Å². The third kappa shape index (κ3) is 7.33. The number of carboxylic acid groups (broad SMARTS) is 1. The van der Waals surface area contributed by atoms with Crippen molar-refractivity contribution in [3.63, 3.8) is 0 Å². The molecule has 0 bridgehead atoms. The Morgan fingerprint density at radius 2 is 1.57 bits per heavy atom. The van der Waals surface area contributed by atoms with Crippen LogP contribution in [0.3, 0.4) is 0 Å². The third-order valence-corrected chi connectivity index (χ3v) is 8.26. The maximum Gasteiger partial charge on any atom is 0.323 e. The van der Waals surface area contributed by atoms with Gasteiger partial charge in [0.2, 0.25) is 21.2 Å². The van der Waals surface area contributed by atoms with Crippen LogP contribution in [0.25, 0.3) is 22.3 Å². The summed E-state index contributed by atoms with van der Waals surface area (Å²) < 4.78 is 60.7. The number of carbonyl (C=O) groups excluding carboxylic acids is 1. The second-order valence-corrected chi connectivity index (χ2v) is 11.5. The molecular formula is C31H32N2O12S. The molecule has 1 heterocycles. The molecule has 0 fully saturated rings. The fraction of sp³-hybridized carbons (Fsp3) is 0.258. The van der Waals surface area contributed by atoms with Crippen LogP contribution in [0.4, 0.5) is 0 Å². The first kappa shape index (κ1) is 33.6. The van der Waals surface area contributed by atoms with Crippen molar-refractivity contribution in [2.75, 3.05) is 41.6 Å². The van der Waals surface area contributed by atoms with E-state index in [1.165, 1.54) is 52.7 Å². The molecule has 1 atom stereocenters. The van der Waals surface area contributed by atoms with E-state index >= 15 is 0 Å². The molecule has 0 spiro atoms. The number of nitrogens with one attached hydrogen (secondary N) is 2. The number of hydrogen-bond acceptors (Lipinski definition) is 11. The van der Waals surface area contributed by atoms with Crippen LogP contribution in [0.5, 0.6) is 28.7 Å². The van der Waals surface area contributed by atoms with Gasteiger partial charge in [0.15, 0.2) is 23.9 Å². The first-order chi connectivity index (χ1) is 21.9. The highest BCUT2D eigenvalue weighted by molar-refractivity contribution is 7.89. The van der Waals surface area contributed by atoms with Crippen molar-refractivity contribution in [3.8, 4) is 40.1 Å². The molecule has 1 amide bonds. The quantitative estimate of drug-likeness (QED) is 0.180. The van der Waals surface area contributed by atoms with Gasteiger partial charge >= 0.3 is 5.97 Å². The van der Waals surface area contributed by atoms with E-state index in [4.69, 9.17) is 28.1 Å². The lowest BCUT2D eigenvalue weighted by Gasteiger charge is -2.17. The van der Waals surface area contributed by atoms with Crippen LogP contribution in [0, 0.1) is 6.92 Å². The predicted molar refractivity (Wildman–Crippen MR) is 166 cm³/mol.